The van der Waals surface area contributed by atoms with Gasteiger partial charge in [0.15, 0.2) is 11.6 Å². The van der Waals surface area contributed by atoms with E-state index in [1.165, 1.54) is 0 Å². The number of hydrogen-bond acceptors (Lipinski definition) is 2. The summed E-state index contributed by atoms with van der Waals surface area (Å²) < 4.78 is 0. The molecular weight excluding hydrogens is 212 g/mol. The number of allylic oxidation sites excluding steroid dienone is 2. The first-order chi connectivity index (χ1) is 8.27. The normalized spacial score (nSPS) is 37.2. The van der Waals surface area contributed by atoms with Crippen molar-refractivity contribution in [2.75, 3.05) is 0 Å². The topological polar surface area (TPSA) is 34.1 Å². The van der Waals surface area contributed by atoms with Gasteiger partial charge in [0.1, 0.15) is 0 Å². The van der Waals surface area contributed by atoms with E-state index in [0.717, 1.165) is 6.42 Å². The molecule has 0 N–H and O–H groups in total. The van der Waals surface area contributed by atoms with Crippen molar-refractivity contribution in [3.05, 3.63) is 47.5 Å². The van der Waals surface area contributed by atoms with Gasteiger partial charge in [-0.15, -0.1) is 0 Å². The molecule has 2 bridgehead atoms. The first kappa shape index (κ1) is 9.34. The van der Waals surface area contributed by atoms with Crippen LogP contribution in [0.2, 0.25) is 0 Å². The molecule has 2 heteroatoms. The van der Waals surface area contributed by atoms with Crippen LogP contribution in [0.5, 0.6) is 0 Å². The van der Waals surface area contributed by atoms with Crippen molar-refractivity contribution in [3.63, 3.8) is 0 Å². The summed E-state index contributed by atoms with van der Waals surface area (Å²) in [5.41, 5.74) is 1.28. The molecule has 1 aromatic carbocycles. The van der Waals surface area contributed by atoms with Crippen LogP contribution in [0.4, 0.5) is 0 Å². The first-order valence-corrected chi connectivity index (χ1v) is 6.13. The van der Waals surface area contributed by atoms with Crippen molar-refractivity contribution < 1.29 is 9.59 Å². The van der Waals surface area contributed by atoms with E-state index in [-0.39, 0.29) is 23.4 Å². The number of hydrogen-bond donors (Lipinski definition) is 0. The molecule has 0 spiro atoms. The van der Waals surface area contributed by atoms with Crippen LogP contribution in [-0.2, 0) is 0 Å². The Bertz CT molecular complexity index is 521. The van der Waals surface area contributed by atoms with Gasteiger partial charge in [0, 0.05) is 23.0 Å². The Kier molecular flexibility index (Phi) is 1.62. The van der Waals surface area contributed by atoms with Crippen molar-refractivity contribution in [3.8, 4) is 0 Å². The summed E-state index contributed by atoms with van der Waals surface area (Å²) >= 11 is 0. The van der Waals surface area contributed by atoms with Crippen LogP contribution in [0.1, 0.15) is 27.1 Å². The Morgan fingerprint density at radius 1 is 0.824 bits per heavy atom. The minimum atomic E-state index is -0.0765. The Labute approximate surface area is 99.3 Å². The van der Waals surface area contributed by atoms with Gasteiger partial charge >= 0.3 is 0 Å². The lowest BCUT2D eigenvalue weighted by atomic mass is 9.69. The molecule has 1 saturated carbocycles. The highest BCUT2D eigenvalue weighted by Gasteiger charge is 2.54. The average Bonchev–Trinajstić information content (AvgIpc) is 2.96. The standard InChI is InChI=1S/C15H12O2/c16-14-10-3-1-2-4-11(10)15(17)13-9-6-5-8(7-9)12(13)14/h1-6,8-9,12-13H,7H2/t8-,9-,12-,13-/m0/s1. The second-order valence-corrected chi connectivity index (χ2v) is 5.27. The molecule has 0 heterocycles. The van der Waals surface area contributed by atoms with Crippen LogP contribution in [0.15, 0.2) is 36.4 Å². The van der Waals surface area contributed by atoms with Gasteiger partial charge in [0.2, 0.25) is 0 Å². The summed E-state index contributed by atoms with van der Waals surface area (Å²) in [5, 5.41) is 0. The molecule has 1 aromatic rings. The predicted molar refractivity (Wildman–Crippen MR) is 62.8 cm³/mol. The molecule has 0 aromatic heterocycles. The molecule has 17 heavy (non-hydrogen) atoms. The van der Waals surface area contributed by atoms with E-state index in [9.17, 15) is 9.59 Å². The highest BCUT2D eigenvalue weighted by molar-refractivity contribution is 6.16. The molecule has 3 aliphatic carbocycles. The Morgan fingerprint density at radius 2 is 1.29 bits per heavy atom. The zero-order valence-electron chi connectivity index (χ0n) is 9.30. The molecule has 2 nitrogen and oxygen atoms in total. The SMILES string of the molecule is O=C1c2ccccc2C(=O)[C@@H]2[C@@H]1[C@H]1C=C[C@H]2C1. The Morgan fingerprint density at radius 3 is 1.76 bits per heavy atom. The Hall–Kier alpha value is -1.70. The second-order valence-electron chi connectivity index (χ2n) is 5.27. The summed E-state index contributed by atoms with van der Waals surface area (Å²) in [6.45, 7) is 0. The summed E-state index contributed by atoms with van der Waals surface area (Å²) in [4.78, 5) is 24.9. The Balaban J connectivity index is 1.94. The molecule has 3 aliphatic rings. The van der Waals surface area contributed by atoms with Crippen molar-refractivity contribution in [2.24, 2.45) is 23.7 Å². The van der Waals surface area contributed by atoms with Crippen LogP contribution < -0.4 is 0 Å². The van der Waals surface area contributed by atoms with E-state index < -0.39 is 0 Å². The molecule has 0 unspecified atom stereocenters. The largest absolute Gasteiger partial charge is 0.294 e. The number of benzene rings is 1. The van der Waals surface area contributed by atoms with Crippen LogP contribution in [-0.4, -0.2) is 11.6 Å². The molecule has 84 valence electrons. The van der Waals surface area contributed by atoms with Gasteiger partial charge in [-0.2, -0.15) is 0 Å². The molecule has 1 fully saturated rings. The molecule has 4 atom stereocenters. The third kappa shape index (κ3) is 1.01. The highest BCUT2D eigenvalue weighted by Crippen LogP contribution is 2.52. The van der Waals surface area contributed by atoms with Gasteiger partial charge in [0.25, 0.3) is 0 Å². The smallest absolute Gasteiger partial charge is 0.168 e. The van der Waals surface area contributed by atoms with Gasteiger partial charge in [-0.1, -0.05) is 36.4 Å². The minimum absolute atomic E-state index is 0.0765. The molecule has 4 rings (SSSR count). The summed E-state index contributed by atoms with van der Waals surface area (Å²) in [5.74, 6) is 0.813. The van der Waals surface area contributed by atoms with E-state index in [4.69, 9.17) is 0 Å². The average molecular weight is 224 g/mol. The summed E-state index contributed by atoms with van der Waals surface area (Å²) in [6.07, 6.45) is 5.25. The summed E-state index contributed by atoms with van der Waals surface area (Å²) in [7, 11) is 0. The first-order valence-electron chi connectivity index (χ1n) is 6.13. The molecule has 0 amide bonds. The number of rotatable bonds is 0. The van der Waals surface area contributed by atoms with E-state index in [0.29, 0.717) is 23.0 Å². The van der Waals surface area contributed by atoms with E-state index >= 15 is 0 Å². The zero-order chi connectivity index (χ0) is 11.6. The third-order valence-corrected chi connectivity index (χ3v) is 4.52. The van der Waals surface area contributed by atoms with E-state index in [2.05, 4.69) is 12.2 Å². The second kappa shape index (κ2) is 2.95. The third-order valence-electron chi connectivity index (χ3n) is 4.52. The van der Waals surface area contributed by atoms with Crippen molar-refractivity contribution in [1.29, 1.82) is 0 Å². The number of carbonyl (C=O) groups excluding carboxylic acids is 2. The molecular formula is C15H12O2. The van der Waals surface area contributed by atoms with Crippen molar-refractivity contribution in [2.45, 2.75) is 6.42 Å². The lowest BCUT2D eigenvalue weighted by molar-refractivity contribution is 0.0720. The molecule has 0 radical (unpaired) electrons. The van der Waals surface area contributed by atoms with Crippen LogP contribution in [0.3, 0.4) is 0 Å². The van der Waals surface area contributed by atoms with Crippen molar-refractivity contribution >= 4 is 11.6 Å². The van der Waals surface area contributed by atoms with E-state index in [1.807, 2.05) is 12.1 Å². The van der Waals surface area contributed by atoms with Gasteiger partial charge in [0.05, 0.1) is 0 Å². The van der Waals surface area contributed by atoms with Gasteiger partial charge < -0.3 is 0 Å². The minimum Gasteiger partial charge on any atom is -0.294 e. The van der Waals surface area contributed by atoms with Crippen LogP contribution in [0, 0.1) is 23.7 Å². The fourth-order valence-electron chi connectivity index (χ4n) is 3.81. The number of carbonyl (C=O) groups is 2. The molecule has 0 aliphatic heterocycles. The number of Topliss-reactive ketones (excluding diaryl/α,β-unsaturated/α-hetero) is 2. The van der Waals surface area contributed by atoms with E-state index in [1.54, 1.807) is 12.1 Å². The number of ketones is 2. The van der Waals surface area contributed by atoms with Gasteiger partial charge in [-0.25, -0.2) is 0 Å². The van der Waals surface area contributed by atoms with Crippen LogP contribution >= 0.6 is 0 Å². The lowest BCUT2D eigenvalue weighted by Crippen LogP contribution is -2.38. The maximum atomic E-state index is 12.4. The molecule has 0 saturated heterocycles. The summed E-state index contributed by atoms with van der Waals surface area (Å²) in [6, 6.07) is 7.27. The zero-order valence-corrected chi connectivity index (χ0v) is 9.30. The maximum absolute atomic E-state index is 12.4. The van der Waals surface area contributed by atoms with Gasteiger partial charge in [-0.05, 0) is 18.3 Å². The lowest BCUT2D eigenvalue weighted by Gasteiger charge is -2.31. The van der Waals surface area contributed by atoms with Crippen LogP contribution in [0.25, 0.3) is 0 Å². The van der Waals surface area contributed by atoms with Gasteiger partial charge in [-0.3, -0.25) is 9.59 Å². The quantitative estimate of drug-likeness (QED) is 0.634. The fourth-order valence-corrected chi connectivity index (χ4v) is 3.81. The van der Waals surface area contributed by atoms with Crippen molar-refractivity contribution in [1.82, 2.24) is 0 Å². The highest BCUT2D eigenvalue weighted by atomic mass is 16.1. The number of fused-ring (bicyclic) bond motifs is 6. The monoisotopic (exact) mass is 224 g/mol. The predicted octanol–water partition coefficient (Wildman–Crippen LogP) is 2.50. The maximum Gasteiger partial charge on any atom is 0.168 e. The fraction of sp³-hybridized carbons (Fsp3) is 0.333.